The molecule has 0 radical (unpaired) electrons. The Morgan fingerprint density at radius 2 is 2.22 bits per heavy atom. The molecule has 0 aromatic rings. The van der Waals surface area contributed by atoms with Crippen molar-refractivity contribution in [2.45, 2.75) is 25.0 Å². The first-order valence-corrected chi connectivity index (χ1v) is 3.31. The van der Waals surface area contributed by atoms with Crippen molar-refractivity contribution in [2.24, 2.45) is 0 Å². The van der Waals surface area contributed by atoms with E-state index < -0.39 is 12.2 Å². The lowest BCUT2D eigenvalue weighted by Crippen LogP contribution is -2.28. The summed E-state index contributed by atoms with van der Waals surface area (Å²) < 4.78 is 0. The molecule has 9 heavy (non-hydrogen) atoms. The van der Waals surface area contributed by atoms with Gasteiger partial charge in [-0.3, -0.25) is 0 Å². The fraction of sp³-hybridized carbons (Fsp3) is 0.667. The maximum Gasteiger partial charge on any atom is 0.115 e. The molecule has 3 heteroatoms. The Kier molecular flexibility index (Phi) is 2.11. The molecule has 2 nitrogen and oxygen atoms in total. The van der Waals surface area contributed by atoms with Crippen LogP contribution in [0.4, 0.5) is 0 Å². The highest BCUT2D eigenvalue weighted by Crippen LogP contribution is 2.21. The van der Waals surface area contributed by atoms with Crippen LogP contribution in [0.25, 0.3) is 0 Å². The first-order chi connectivity index (χ1) is 4.22. The van der Waals surface area contributed by atoms with Gasteiger partial charge < -0.3 is 10.2 Å². The fourth-order valence-electron chi connectivity index (χ4n) is 0.854. The Morgan fingerprint density at radius 1 is 1.56 bits per heavy atom. The summed E-state index contributed by atoms with van der Waals surface area (Å²) in [5, 5.41) is 18.3. The number of aliphatic hydroxyl groups is 2. The van der Waals surface area contributed by atoms with Gasteiger partial charge in [-0.05, 0) is 12.8 Å². The third-order valence-electron chi connectivity index (χ3n) is 1.45. The molecule has 1 aliphatic rings. The van der Waals surface area contributed by atoms with Gasteiger partial charge in [0.05, 0.1) is 6.10 Å². The number of hydrogen-bond acceptors (Lipinski definition) is 2. The number of allylic oxidation sites excluding steroid dienone is 1. The molecule has 52 valence electrons. The van der Waals surface area contributed by atoms with Crippen LogP contribution in [0.2, 0.25) is 0 Å². The molecule has 0 amide bonds. The average molecular weight is 149 g/mol. The van der Waals surface area contributed by atoms with Crippen LogP contribution in [-0.2, 0) is 0 Å². The second-order valence-corrected chi connectivity index (χ2v) is 2.61. The van der Waals surface area contributed by atoms with E-state index in [-0.39, 0.29) is 0 Å². The van der Waals surface area contributed by atoms with Crippen molar-refractivity contribution < 1.29 is 10.2 Å². The molecular weight excluding hydrogens is 140 g/mol. The van der Waals surface area contributed by atoms with Crippen molar-refractivity contribution in [1.82, 2.24) is 0 Å². The first kappa shape index (κ1) is 7.06. The summed E-state index contributed by atoms with van der Waals surface area (Å²) in [4.78, 5) is 0. The van der Waals surface area contributed by atoms with Crippen molar-refractivity contribution >= 4 is 11.6 Å². The van der Waals surface area contributed by atoms with Crippen LogP contribution < -0.4 is 0 Å². The van der Waals surface area contributed by atoms with E-state index in [1.807, 2.05) is 0 Å². The molecule has 1 rings (SSSR count). The Hall–Kier alpha value is -0.0500. The fourth-order valence-corrected chi connectivity index (χ4v) is 1.11. The second kappa shape index (κ2) is 2.69. The second-order valence-electron chi connectivity index (χ2n) is 2.18. The van der Waals surface area contributed by atoms with Gasteiger partial charge in [-0.15, -0.1) is 0 Å². The first-order valence-electron chi connectivity index (χ1n) is 2.93. The van der Waals surface area contributed by atoms with Gasteiger partial charge in [-0.2, -0.15) is 0 Å². The van der Waals surface area contributed by atoms with E-state index in [1.165, 1.54) is 0 Å². The van der Waals surface area contributed by atoms with Crippen LogP contribution in [0, 0.1) is 0 Å². The van der Waals surface area contributed by atoms with Gasteiger partial charge in [0.2, 0.25) is 0 Å². The standard InChI is InChI=1S/C6H9ClO2/c7-4-2-1-3-5(8)6(4)9/h2,5-6,8-9H,1,3H2/t5?,6-/m1/s1. The Labute approximate surface area is 58.8 Å². The van der Waals surface area contributed by atoms with Crippen LogP contribution in [0.1, 0.15) is 12.8 Å². The molecule has 0 fully saturated rings. The topological polar surface area (TPSA) is 40.5 Å². The highest BCUT2D eigenvalue weighted by atomic mass is 35.5. The van der Waals surface area contributed by atoms with Crippen LogP contribution >= 0.6 is 11.6 Å². The van der Waals surface area contributed by atoms with E-state index >= 15 is 0 Å². The molecule has 0 heterocycles. The van der Waals surface area contributed by atoms with Crippen LogP contribution in [0.3, 0.4) is 0 Å². The molecule has 0 aliphatic heterocycles. The average Bonchev–Trinajstić information content (AvgIpc) is 1.83. The molecule has 1 unspecified atom stereocenters. The smallest absolute Gasteiger partial charge is 0.115 e. The minimum absolute atomic E-state index is 0.369. The van der Waals surface area contributed by atoms with E-state index in [0.717, 1.165) is 6.42 Å². The summed E-state index contributed by atoms with van der Waals surface area (Å²) in [6.07, 6.45) is 1.59. The Bertz CT molecular complexity index is 133. The van der Waals surface area contributed by atoms with Crippen molar-refractivity contribution in [1.29, 1.82) is 0 Å². The van der Waals surface area contributed by atoms with Crippen molar-refractivity contribution in [3.8, 4) is 0 Å². The summed E-state index contributed by atoms with van der Waals surface area (Å²) in [5.74, 6) is 0. The molecule has 2 N–H and O–H groups in total. The predicted molar refractivity (Wildman–Crippen MR) is 35.2 cm³/mol. The van der Waals surface area contributed by atoms with E-state index in [4.69, 9.17) is 21.8 Å². The molecule has 0 saturated heterocycles. The predicted octanol–water partition coefficient (Wildman–Crippen LogP) is 0.625. The molecule has 0 spiro atoms. The largest absolute Gasteiger partial charge is 0.390 e. The summed E-state index contributed by atoms with van der Waals surface area (Å²) >= 11 is 5.51. The lowest BCUT2D eigenvalue weighted by Gasteiger charge is -2.20. The summed E-state index contributed by atoms with van der Waals surface area (Å²) in [6, 6.07) is 0. The monoisotopic (exact) mass is 148 g/mol. The summed E-state index contributed by atoms with van der Waals surface area (Å²) in [7, 11) is 0. The number of aliphatic hydroxyl groups excluding tert-OH is 2. The zero-order chi connectivity index (χ0) is 6.85. The van der Waals surface area contributed by atoms with Crippen molar-refractivity contribution in [3.05, 3.63) is 11.1 Å². The van der Waals surface area contributed by atoms with Crippen LogP contribution in [0.15, 0.2) is 11.1 Å². The molecular formula is C6H9ClO2. The van der Waals surface area contributed by atoms with Crippen molar-refractivity contribution in [2.75, 3.05) is 0 Å². The zero-order valence-electron chi connectivity index (χ0n) is 4.92. The van der Waals surface area contributed by atoms with Gasteiger partial charge >= 0.3 is 0 Å². The molecule has 2 atom stereocenters. The van der Waals surface area contributed by atoms with Gasteiger partial charge in [0.1, 0.15) is 6.10 Å². The zero-order valence-corrected chi connectivity index (χ0v) is 5.67. The minimum Gasteiger partial charge on any atom is -0.390 e. The van der Waals surface area contributed by atoms with Gasteiger partial charge in [0.15, 0.2) is 0 Å². The van der Waals surface area contributed by atoms with Gasteiger partial charge in [0, 0.05) is 5.03 Å². The number of halogens is 1. The van der Waals surface area contributed by atoms with E-state index in [2.05, 4.69) is 0 Å². The lowest BCUT2D eigenvalue weighted by molar-refractivity contribution is 0.0360. The Balaban J connectivity index is 2.62. The molecule has 0 aromatic heterocycles. The van der Waals surface area contributed by atoms with E-state index in [9.17, 15) is 0 Å². The van der Waals surface area contributed by atoms with Crippen molar-refractivity contribution in [3.63, 3.8) is 0 Å². The molecule has 1 aliphatic carbocycles. The maximum atomic E-state index is 9.00. The number of rotatable bonds is 0. The highest BCUT2D eigenvalue weighted by Gasteiger charge is 2.21. The minimum atomic E-state index is -0.847. The van der Waals surface area contributed by atoms with Gasteiger partial charge in [-0.1, -0.05) is 17.7 Å². The van der Waals surface area contributed by atoms with Crippen LogP contribution in [0.5, 0.6) is 0 Å². The molecule has 0 bridgehead atoms. The van der Waals surface area contributed by atoms with Gasteiger partial charge in [0.25, 0.3) is 0 Å². The van der Waals surface area contributed by atoms with Crippen LogP contribution in [-0.4, -0.2) is 22.4 Å². The third-order valence-corrected chi connectivity index (χ3v) is 1.83. The highest BCUT2D eigenvalue weighted by molar-refractivity contribution is 6.30. The quantitative estimate of drug-likeness (QED) is 0.529. The SMILES string of the molecule is OC1CCC=C(Cl)[C@H]1O. The third kappa shape index (κ3) is 1.45. The van der Waals surface area contributed by atoms with E-state index in [0.29, 0.717) is 11.5 Å². The maximum absolute atomic E-state index is 9.00. The summed E-state index contributed by atoms with van der Waals surface area (Å²) in [6.45, 7) is 0. The lowest BCUT2D eigenvalue weighted by atomic mass is 10.0. The van der Waals surface area contributed by atoms with Gasteiger partial charge in [-0.25, -0.2) is 0 Å². The molecule has 0 aromatic carbocycles. The summed E-state index contributed by atoms with van der Waals surface area (Å²) in [5.41, 5.74) is 0. The van der Waals surface area contributed by atoms with E-state index in [1.54, 1.807) is 6.08 Å². The molecule has 0 saturated carbocycles. The Morgan fingerprint density at radius 3 is 2.67 bits per heavy atom. The normalized spacial score (nSPS) is 36.1. The number of hydrogen-bond donors (Lipinski definition) is 2.